The maximum absolute atomic E-state index is 12.2. The van der Waals surface area contributed by atoms with Gasteiger partial charge in [-0.05, 0) is 79.6 Å². The fraction of sp³-hybridized carbons (Fsp3) is 0.821. The first kappa shape index (κ1) is 24.8. The number of carbonyl (C=O) groups is 3. The Morgan fingerprint density at radius 1 is 1.20 bits per heavy atom. The molecule has 5 rings (SSSR count). The molecule has 8 atom stereocenters. The Bertz CT molecular complexity index is 920. The van der Waals surface area contributed by atoms with Crippen LogP contribution in [0.3, 0.4) is 0 Å². The molecular formula is C28H40O7. The average molecular weight is 489 g/mol. The van der Waals surface area contributed by atoms with Crippen molar-refractivity contribution < 1.29 is 33.3 Å². The Hall–Kier alpha value is -1.89. The molecule has 2 unspecified atom stereocenters. The fourth-order valence-corrected chi connectivity index (χ4v) is 8.37. The molecule has 3 saturated carbocycles. The number of ether oxygens (including phenoxy) is 4. The number of esters is 3. The Balaban J connectivity index is 1.45. The average Bonchev–Trinajstić information content (AvgIpc) is 3.44. The van der Waals surface area contributed by atoms with Gasteiger partial charge in [0.2, 0.25) is 0 Å². The molecule has 7 nitrogen and oxygen atoms in total. The van der Waals surface area contributed by atoms with Crippen molar-refractivity contribution >= 4 is 17.9 Å². The summed E-state index contributed by atoms with van der Waals surface area (Å²) in [5, 5.41) is 0. The minimum atomic E-state index is -0.487. The number of hydrogen-bond acceptors (Lipinski definition) is 7. The molecular weight excluding hydrogens is 448 g/mol. The van der Waals surface area contributed by atoms with E-state index in [4.69, 9.17) is 18.9 Å². The molecule has 0 bridgehead atoms. The molecule has 1 saturated heterocycles. The molecule has 35 heavy (non-hydrogen) atoms. The second-order valence-electron chi connectivity index (χ2n) is 12.3. The van der Waals surface area contributed by atoms with Gasteiger partial charge in [0.25, 0.3) is 0 Å². The van der Waals surface area contributed by atoms with Gasteiger partial charge in [0.1, 0.15) is 24.9 Å². The number of hydrogen-bond donors (Lipinski definition) is 0. The Morgan fingerprint density at radius 2 is 1.97 bits per heavy atom. The van der Waals surface area contributed by atoms with Crippen molar-refractivity contribution in [3.8, 4) is 0 Å². The third-order valence-electron chi connectivity index (χ3n) is 10.4. The second-order valence-corrected chi connectivity index (χ2v) is 12.3. The van der Waals surface area contributed by atoms with E-state index in [1.807, 2.05) is 0 Å². The minimum Gasteiger partial charge on any atom is -0.465 e. The van der Waals surface area contributed by atoms with Crippen molar-refractivity contribution in [2.75, 3.05) is 19.8 Å². The van der Waals surface area contributed by atoms with Crippen molar-refractivity contribution in [3.05, 3.63) is 11.6 Å². The molecule has 1 spiro atoms. The lowest BCUT2D eigenvalue weighted by Crippen LogP contribution is -2.66. The van der Waals surface area contributed by atoms with Gasteiger partial charge in [-0.2, -0.15) is 0 Å². The van der Waals surface area contributed by atoms with Crippen LogP contribution in [0.5, 0.6) is 0 Å². The largest absolute Gasteiger partial charge is 0.465 e. The lowest BCUT2D eigenvalue weighted by molar-refractivity contribution is -0.222. The maximum Gasteiger partial charge on any atom is 0.331 e. The zero-order valence-corrected chi connectivity index (χ0v) is 21.6. The van der Waals surface area contributed by atoms with Crippen LogP contribution in [0.25, 0.3) is 0 Å². The van der Waals surface area contributed by atoms with E-state index in [9.17, 15) is 14.4 Å². The van der Waals surface area contributed by atoms with Gasteiger partial charge in [-0.25, -0.2) is 4.79 Å². The molecule has 0 aromatic rings. The fourth-order valence-electron chi connectivity index (χ4n) is 8.37. The van der Waals surface area contributed by atoms with Gasteiger partial charge >= 0.3 is 17.9 Å². The first-order valence-electron chi connectivity index (χ1n) is 13.4. The summed E-state index contributed by atoms with van der Waals surface area (Å²) >= 11 is 0. The summed E-state index contributed by atoms with van der Waals surface area (Å²) in [6.45, 7) is 9.03. The monoisotopic (exact) mass is 488 g/mol. The topological polar surface area (TPSA) is 91.4 Å². The van der Waals surface area contributed by atoms with E-state index in [0.717, 1.165) is 56.9 Å². The van der Waals surface area contributed by atoms with Gasteiger partial charge < -0.3 is 18.9 Å². The van der Waals surface area contributed by atoms with Gasteiger partial charge in [-0.1, -0.05) is 20.3 Å². The summed E-state index contributed by atoms with van der Waals surface area (Å²) in [5.74, 6) is 0.952. The molecule has 0 amide bonds. The quantitative estimate of drug-likeness (QED) is 0.311. The zero-order valence-electron chi connectivity index (χ0n) is 21.6. The van der Waals surface area contributed by atoms with E-state index >= 15 is 0 Å². The van der Waals surface area contributed by atoms with Gasteiger partial charge in [0.05, 0.1) is 12.0 Å². The molecule has 0 N–H and O–H groups in total. The van der Waals surface area contributed by atoms with Crippen molar-refractivity contribution in [2.45, 2.75) is 90.8 Å². The van der Waals surface area contributed by atoms with Gasteiger partial charge in [-0.3, -0.25) is 9.59 Å². The summed E-state index contributed by atoms with van der Waals surface area (Å²) in [6, 6.07) is 0. The van der Waals surface area contributed by atoms with Crippen LogP contribution < -0.4 is 0 Å². The number of epoxide rings is 1. The molecule has 7 heteroatoms. The van der Waals surface area contributed by atoms with E-state index in [-0.39, 0.29) is 47.6 Å². The van der Waals surface area contributed by atoms with Crippen molar-refractivity contribution in [1.82, 2.24) is 0 Å². The summed E-state index contributed by atoms with van der Waals surface area (Å²) < 4.78 is 23.1. The third kappa shape index (κ3) is 4.21. The molecule has 0 radical (unpaired) electrons. The second kappa shape index (κ2) is 8.89. The van der Waals surface area contributed by atoms with Crippen LogP contribution in [-0.4, -0.2) is 49.4 Å². The first-order chi connectivity index (χ1) is 16.6. The Kier molecular flexibility index (Phi) is 6.30. The molecule has 0 aromatic heterocycles. The Labute approximate surface area is 208 Å². The third-order valence-corrected chi connectivity index (χ3v) is 10.4. The van der Waals surface area contributed by atoms with E-state index in [1.165, 1.54) is 13.8 Å². The van der Waals surface area contributed by atoms with Crippen molar-refractivity contribution in [3.63, 3.8) is 0 Å². The predicted octanol–water partition coefficient (Wildman–Crippen LogP) is 4.37. The lowest BCUT2D eigenvalue weighted by Gasteiger charge is -2.62. The highest BCUT2D eigenvalue weighted by Gasteiger charge is 2.74. The lowest BCUT2D eigenvalue weighted by atomic mass is 9.43. The van der Waals surface area contributed by atoms with Crippen LogP contribution in [0, 0.1) is 34.5 Å². The van der Waals surface area contributed by atoms with Crippen LogP contribution >= 0.6 is 0 Å². The van der Waals surface area contributed by atoms with Crippen LogP contribution in [0.1, 0.15) is 79.1 Å². The van der Waals surface area contributed by atoms with Crippen LogP contribution in [0.2, 0.25) is 0 Å². The number of rotatable bonds is 6. The van der Waals surface area contributed by atoms with Crippen LogP contribution in [0.4, 0.5) is 0 Å². The maximum atomic E-state index is 12.2. The standard InChI is InChI=1S/C28H40O7/c1-17-10-21-12-24(35-19(3)30)28(16-33-18(2)29)23(6-5-8-27(28)15-34-27)22(21)13-26(17,4)9-7-20-11-25(31)32-14-20/h11,17,21-24H,5-10,12-16H2,1-4H3/t17-,21?,22?,23-,24+,26-,27+,28+/m1/s1. The number of fused-ring (bicyclic) bond motifs is 4. The predicted molar refractivity (Wildman–Crippen MR) is 127 cm³/mol. The zero-order chi connectivity index (χ0) is 25.0. The van der Waals surface area contributed by atoms with Gasteiger partial charge in [-0.15, -0.1) is 0 Å². The molecule has 0 aromatic carbocycles. The van der Waals surface area contributed by atoms with Gasteiger partial charge in [0, 0.05) is 19.9 Å². The minimum absolute atomic E-state index is 0.143. The van der Waals surface area contributed by atoms with E-state index in [0.29, 0.717) is 31.0 Å². The normalized spacial score (nSPS) is 44.1. The number of carbonyl (C=O) groups excluding carboxylic acids is 3. The van der Waals surface area contributed by atoms with Crippen LogP contribution in [0.15, 0.2) is 11.6 Å². The van der Waals surface area contributed by atoms with Crippen molar-refractivity contribution in [2.24, 2.45) is 34.5 Å². The highest BCUT2D eigenvalue weighted by Crippen LogP contribution is 2.68. The van der Waals surface area contributed by atoms with E-state index in [2.05, 4.69) is 13.8 Å². The molecule has 3 aliphatic carbocycles. The SMILES string of the molecule is CC(=O)OC[C@@]12[C@@H](OC(C)=O)CC3C[C@@H](C)[C@](C)(CCC4=CC(=O)OC4)CC3[C@H]1CCC[C@]21CO1. The molecule has 4 fully saturated rings. The summed E-state index contributed by atoms with van der Waals surface area (Å²) in [7, 11) is 0. The Morgan fingerprint density at radius 3 is 2.60 bits per heavy atom. The molecule has 5 aliphatic rings. The summed E-state index contributed by atoms with van der Waals surface area (Å²) in [4.78, 5) is 35.8. The van der Waals surface area contributed by atoms with Crippen molar-refractivity contribution in [1.29, 1.82) is 0 Å². The van der Waals surface area contributed by atoms with Crippen LogP contribution in [-0.2, 0) is 33.3 Å². The summed E-state index contributed by atoms with van der Waals surface area (Å²) in [6.07, 6.45) is 9.33. The first-order valence-corrected chi connectivity index (χ1v) is 13.4. The van der Waals surface area contributed by atoms with Gasteiger partial charge in [0.15, 0.2) is 0 Å². The molecule has 2 heterocycles. The van der Waals surface area contributed by atoms with E-state index in [1.54, 1.807) is 6.08 Å². The summed E-state index contributed by atoms with van der Waals surface area (Å²) in [5.41, 5.74) is 0.391. The number of cyclic esters (lactones) is 1. The molecule has 2 aliphatic heterocycles. The van der Waals surface area contributed by atoms with E-state index < -0.39 is 5.41 Å². The molecule has 194 valence electrons. The highest BCUT2D eigenvalue weighted by molar-refractivity contribution is 5.85. The smallest absolute Gasteiger partial charge is 0.331 e. The highest BCUT2D eigenvalue weighted by atomic mass is 16.6.